The zero-order chi connectivity index (χ0) is 14.1. The van der Waals surface area contributed by atoms with Crippen LogP contribution in [0.1, 0.15) is 32.1 Å². The van der Waals surface area contributed by atoms with Crippen LogP contribution in [0.3, 0.4) is 0 Å². The highest BCUT2D eigenvalue weighted by molar-refractivity contribution is 6.09. The molecule has 0 spiro atoms. The molecule has 0 bridgehead atoms. The van der Waals surface area contributed by atoms with Gasteiger partial charge in [-0.1, -0.05) is 30.4 Å². The first-order valence-electron chi connectivity index (χ1n) is 8.03. The van der Waals surface area contributed by atoms with Gasteiger partial charge in [-0.3, -0.25) is 4.99 Å². The number of hydrogen-bond donors (Lipinski definition) is 1. The van der Waals surface area contributed by atoms with Crippen molar-refractivity contribution >= 4 is 11.4 Å². The van der Waals surface area contributed by atoms with Gasteiger partial charge in [-0.15, -0.1) is 0 Å². The second kappa shape index (κ2) is 5.47. The molecular formula is C18H21N3. The molecular weight excluding hydrogens is 258 g/mol. The largest absolute Gasteiger partial charge is 0.309 e. The molecule has 0 fully saturated rings. The molecule has 1 atom stereocenters. The lowest BCUT2D eigenvalue weighted by Crippen LogP contribution is -2.26. The maximum atomic E-state index is 4.73. The number of fused-ring (bicyclic) bond motifs is 1. The third-order valence-corrected chi connectivity index (χ3v) is 4.76. The van der Waals surface area contributed by atoms with Crippen LogP contribution >= 0.6 is 0 Å². The Morgan fingerprint density at radius 3 is 2.95 bits per heavy atom. The van der Waals surface area contributed by atoms with E-state index in [-0.39, 0.29) is 0 Å². The molecule has 3 nitrogen and oxygen atoms in total. The summed E-state index contributed by atoms with van der Waals surface area (Å²) in [5, 5.41) is 4.62. The lowest BCUT2D eigenvalue weighted by molar-refractivity contribution is 0.689. The van der Waals surface area contributed by atoms with Crippen LogP contribution < -0.4 is 5.43 Å². The van der Waals surface area contributed by atoms with Gasteiger partial charge in [0.1, 0.15) is 0 Å². The molecule has 2 heterocycles. The van der Waals surface area contributed by atoms with Crippen molar-refractivity contribution in [1.29, 1.82) is 0 Å². The smallest absolute Gasteiger partial charge is 0.0725 e. The number of aliphatic imine (C=N–C) groups is 1. The first-order chi connectivity index (χ1) is 10.4. The molecule has 0 aromatic rings. The summed E-state index contributed by atoms with van der Waals surface area (Å²) in [7, 11) is 0. The minimum Gasteiger partial charge on any atom is -0.309 e. The Morgan fingerprint density at radius 1 is 1.10 bits per heavy atom. The Balaban J connectivity index is 1.71. The molecule has 108 valence electrons. The maximum absolute atomic E-state index is 4.73. The third kappa shape index (κ3) is 2.31. The van der Waals surface area contributed by atoms with Gasteiger partial charge in [0.05, 0.1) is 5.71 Å². The monoisotopic (exact) mass is 279 g/mol. The maximum Gasteiger partial charge on any atom is 0.0725 e. The van der Waals surface area contributed by atoms with E-state index in [4.69, 9.17) is 4.99 Å². The number of nitrogens with zero attached hydrogens (tertiary/aromatic N) is 2. The molecule has 4 rings (SSSR count). The minimum atomic E-state index is 0.436. The number of hydrazone groups is 1. The molecule has 21 heavy (non-hydrogen) atoms. The van der Waals surface area contributed by atoms with Gasteiger partial charge in [0.25, 0.3) is 0 Å². The normalized spacial score (nSPS) is 27.8. The average Bonchev–Trinajstić information content (AvgIpc) is 3.04. The topological polar surface area (TPSA) is 36.8 Å². The second-order valence-electron chi connectivity index (χ2n) is 6.03. The number of allylic oxidation sites excluding steroid dienone is 7. The summed E-state index contributed by atoms with van der Waals surface area (Å²) >= 11 is 0. The van der Waals surface area contributed by atoms with Crippen molar-refractivity contribution in [3.63, 3.8) is 0 Å². The molecule has 2 aliphatic heterocycles. The van der Waals surface area contributed by atoms with Crippen molar-refractivity contribution in [1.82, 2.24) is 5.43 Å². The number of hydrogen-bond acceptors (Lipinski definition) is 3. The van der Waals surface area contributed by atoms with Crippen LogP contribution in [0.15, 0.2) is 57.2 Å². The summed E-state index contributed by atoms with van der Waals surface area (Å²) in [4.78, 5) is 4.73. The van der Waals surface area contributed by atoms with E-state index in [1.165, 1.54) is 22.6 Å². The Bertz CT molecular complexity index is 629. The van der Waals surface area contributed by atoms with E-state index in [0.29, 0.717) is 5.92 Å². The van der Waals surface area contributed by atoms with E-state index in [1.807, 2.05) is 0 Å². The van der Waals surface area contributed by atoms with Gasteiger partial charge >= 0.3 is 0 Å². The molecule has 3 heteroatoms. The van der Waals surface area contributed by atoms with E-state index < -0.39 is 0 Å². The number of rotatable bonds is 2. The van der Waals surface area contributed by atoms with Crippen LogP contribution in [0.25, 0.3) is 0 Å². The standard InChI is InChI=1S/C18H21N3/c1-2-6-13(7-3-1)18-16(12-20-21-18)14-10-11-19-17-9-5-4-8-15(14)17/h1-2,4,6,8,16,20H,3,5,7,9-12H2. The zero-order valence-corrected chi connectivity index (χ0v) is 12.3. The predicted octanol–water partition coefficient (Wildman–Crippen LogP) is 3.33. The fourth-order valence-electron chi connectivity index (χ4n) is 3.71. The summed E-state index contributed by atoms with van der Waals surface area (Å²) in [6, 6.07) is 0. The molecule has 1 N–H and O–H groups in total. The summed E-state index contributed by atoms with van der Waals surface area (Å²) in [6.45, 7) is 1.89. The molecule has 0 saturated heterocycles. The molecule has 2 aliphatic carbocycles. The molecule has 0 amide bonds. The van der Waals surface area contributed by atoms with Crippen LogP contribution in [-0.4, -0.2) is 24.5 Å². The van der Waals surface area contributed by atoms with E-state index in [9.17, 15) is 0 Å². The third-order valence-electron chi connectivity index (χ3n) is 4.76. The SMILES string of the molecule is C1=CCCC(C2=NNCC2C2=C3C=CCCC3=NCC2)=C1. The quantitative estimate of drug-likeness (QED) is 0.827. The van der Waals surface area contributed by atoms with Gasteiger partial charge in [-0.25, -0.2) is 0 Å². The lowest BCUT2D eigenvalue weighted by atomic mass is 9.80. The second-order valence-corrected chi connectivity index (χ2v) is 6.03. The van der Waals surface area contributed by atoms with Gasteiger partial charge in [-0.05, 0) is 48.8 Å². The van der Waals surface area contributed by atoms with Crippen LogP contribution in [-0.2, 0) is 0 Å². The molecule has 1 unspecified atom stereocenters. The van der Waals surface area contributed by atoms with Crippen LogP contribution in [0, 0.1) is 5.92 Å². The van der Waals surface area contributed by atoms with Crippen LogP contribution in [0.2, 0.25) is 0 Å². The number of dihydropyridines is 1. The summed E-state index contributed by atoms with van der Waals surface area (Å²) in [6.07, 6.45) is 16.8. The average molecular weight is 279 g/mol. The van der Waals surface area contributed by atoms with E-state index in [1.54, 1.807) is 5.57 Å². The molecule has 0 aromatic carbocycles. The predicted molar refractivity (Wildman–Crippen MR) is 87.7 cm³/mol. The zero-order valence-electron chi connectivity index (χ0n) is 12.3. The highest BCUT2D eigenvalue weighted by Gasteiger charge is 2.31. The van der Waals surface area contributed by atoms with Gasteiger partial charge in [0.15, 0.2) is 0 Å². The van der Waals surface area contributed by atoms with E-state index in [2.05, 4.69) is 40.9 Å². The Hall–Kier alpha value is -1.90. The fourth-order valence-corrected chi connectivity index (χ4v) is 3.71. The van der Waals surface area contributed by atoms with Gasteiger partial charge in [0.2, 0.25) is 0 Å². The van der Waals surface area contributed by atoms with Gasteiger partial charge < -0.3 is 5.43 Å². The number of nitrogens with one attached hydrogen (secondary N) is 1. The van der Waals surface area contributed by atoms with Crippen molar-refractivity contribution in [2.24, 2.45) is 16.0 Å². The highest BCUT2D eigenvalue weighted by Crippen LogP contribution is 2.33. The lowest BCUT2D eigenvalue weighted by Gasteiger charge is -2.26. The first-order valence-corrected chi connectivity index (χ1v) is 8.03. The molecule has 0 radical (unpaired) electrons. The summed E-state index contributed by atoms with van der Waals surface area (Å²) < 4.78 is 0. The van der Waals surface area contributed by atoms with Gasteiger partial charge in [0, 0.05) is 24.7 Å². The summed E-state index contributed by atoms with van der Waals surface area (Å²) in [5.41, 5.74) is 10.2. The van der Waals surface area contributed by atoms with Crippen molar-refractivity contribution in [3.8, 4) is 0 Å². The first kappa shape index (κ1) is 12.8. The molecule has 0 saturated carbocycles. The Labute approximate surface area is 125 Å². The Morgan fingerprint density at radius 2 is 2.05 bits per heavy atom. The highest BCUT2D eigenvalue weighted by atomic mass is 15.3. The van der Waals surface area contributed by atoms with Crippen LogP contribution in [0.4, 0.5) is 0 Å². The Kier molecular flexibility index (Phi) is 3.34. The van der Waals surface area contributed by atoms with E-state index >= 15 is 0 Å². The van der Waals surface area contributed by atoms with Gasteiger partial charge in [-0.2, -0.15) is 5.10 Å². The summed E-state index contributed by atoms with van der Waals surface area (Å²) in [5.74, 6) is 0.436. The minimum absolute atomic E-state index is 0.436. The van der Waals surface area contributed by atoms with Crippen molar-refractivity contribution in [2.45, 2.75) is 32.1 Å². The molecule has 4 aliphatic rings. The fraction of sp³-hybridized carbons (Fsp3) is 0.444. The van der Waals surface area contributed by atoms with Crippen molar-refractivity contribution in [2.75, 3.05) is 13.1 Å². The van der Waals surface area contributed by atoms with Crippen LogP contribution in [0.5, 0.6) is 0 Å². The van der Waals surface area contributed by atoms with Crippen molar-refractivity contribution < 1.29 is 0 Å². The molecule has 0 aromatic heterocycles. The van der Waals surface area contributed by atoms with E-state index in [0.717, 1.165) is 45.2 Å². The van der Waals surface area contributed by atoms with Crippen molar-refractivity contribution in [3.05, 3.63) is 47.1 Å².